The molecule has 5 nitrogen and oxygen atoms in total. The van der Waals surface area contributed by atoms with Crippen LogP contribution in [0.25, 0.3) is 10.8 Å². The number of fused-ring (bicyclic) bond motifs is 1. The highest BCUT2D eigenvalue weighted by atomic mass is 16.5. The van der Waals surface area contributed by atoms with Crippen molar-refractivity contribution >= 4 is 22.5 Å². The van der Waals surface area contributed by atoms with E-state index in [0.717, 1.165) is 10.8 Å². The minimum absolute atomic E-state index is 0.332. The van der Waals surface area contributed by atoms with Crippen LogP contribution in [0.1, 0.15) is 20.7 Å². The summed E-state index contributed by atoms with van der Waals surface area (Å²) in [6.07, 6.45) is 0. The van der Waals surface area contributed by atoms with Gasteiger partial charge in [-0.3, -0.25) is 4.79 Å². The van der Waals surface area contributed by atoms with Crippen LogP contribution in [0.5, 0.6) is 11.5 Å². The number of ketones is 1. The summed E-state index contributed by atoms with van der Waals surface area (Å²) in [5.74, 6) is 0.0578. The van der Waals surface area contributed by atoms with Gasteiger partial charge in [-0.05, 0) is 29.0 Å². The minimum Gasteiger partial charge on any atom is -0.497 e. The Morgan fingerprint density at radius 2 is 1.62 bits per heavy atom. The summed E-state index contributed by atoms with van der Waals surface area (Å²) >= 11 is 0. The molecule has 0 heterocycles. The molecule has 0 saturated carbocycles. The zero-order valence-corrected chi connectivity index (χ0v) is 14.5. The maximum absolute atomic E-state index is 12.4. The van der Waals surface area contributed by atoms with Gasteiger partial charge in [-0.15, -0.1) is 0 Å². The van der Waals surface area contributed by atoms with Crippen LogP contribution in [0.3, 0.4) is 0 Å². The summed E-state index contributed by atoms with van der Waals surface area (Å²) in [5, 5.41) is 1.72. The van der Waals surface area contributed by atoms with E-state index in [4.69, 9.17) is 14.2 Å². The second kappa shape index (κ2) is 7.70. The van der Waals surface area contributed by atoms with Crippen molar-refractivity contribution in [2.75, 3.05) is 20.8 Å². The second-order valence-corrected chi connectivity index (χ2v) is 5.59. The van der Waals surface area contributed by atoms with Gasteiger partial charge in [0.1, 0.15) is 11.5 Å². The molecule has 0 spiro atoms. The van der Waals surface area contributed by atoms with Crippen LogP contribution in [-0.2, 0) is 4.74 Å². The first-order valence-corrected chi connectivity index (χ1v) is 8.04. The van der Waals surface area contributed by atoms with Crippen molar-refractivity contribution < 1.29 is 23.8 Å². The van der Waals surface area contributed by atoms with Crippen molar-refractivity contribution in [1.29, 1.82) is 0 Å². The Morgan fingerprint density at radius 3 is 2.38 bits per heavy atom. The Hall–Kier alpha value is -3.34. The molecule has 132 valence electrons. The number of Topliss-reactive ketones (excluding diaryl/α,β-unsaturated/α-hetero) is 1. The quantitative estimate of drug-likeness (QED) is 0.498. The first-order valence-electron chi connectivity index (χ1n) is 8.04. The predicted molar refractivity (Wildman–Crippen MR) is 98.1 cm³/mol. The fourth-order valence-electron chi connectivity index (χ4n) is 2.72. The molecule has 0 aliphatic carbocycles. The number of hydrogen-bond acceptors (Lipinski definition) is 5. The van der Waals surface area contributed by atoms with Crippen LogP contribution in [0.2, 0.25) is 0 Å². The topological polar surface area (TPSA) is 61.8 Å². The fraction of sp³-hybridized carbons (Fsp3) is 0.143. The molecule has 26 heavy (non-hydrogen) atoms. The van der Waals surface area contributed by atoms with E-state index < -0.39 is 5.97 Å². The molecular weight excluding hydrogens is 332 g/mol. The number of methoxy groups -OCH3 is 2. The third-order valence-corrected chi connectivity index (χ3v) is 4.05. The molecule has 3 aromatic carbocycles. The molecule has 5 heteroatoms. The summed E-state index contributed by atoms with van der Waals surface area (Å²) in [4.78, 5) is 24.8. The van der Waals surface area contributed by atoms with Gasteiger partial charge < -0.3 is 14.2 Å². The van der Waals surface area contributed by atoms with E-state index in [9.17, 15) is 9.59 Å². The van der Waals surface area contributed by atoms with E-state index in [1.54, 1.807) is 30.3 Å². The molecule has 0 amide bonds. The van der Waals surface area contributed by atoms with Gasteiger partial charge in [0, 0.05) is 6.07 Å². The normalized spacial score (nSPS) is 10.4. The molecular formula is C21H18O5. The smallest absolute Gasteiger partial charge is 0.339 e. The first-order chi connectivity index (χ1) is 12.6. The van der Waals surface area contributed by atoms with Crippen LogP contribution >= 0.6 is 0 Å². The summed E-state index contributed by atoms with van der Waals surface area (Å²) in [6, 6.07) is 17.8. The number of carbonyl (C=O) groups excluding carboxylic acids is 2. The number of carbonyl (C=O) groups is 2. The van der Waals surface area contributed by atoms with Crippen LogP contribution in [0.15, 0.2) is 60.7 Å². The maximum Gasteiger partial charge on any atom is 0.339 e. The minimum atomic E-state index is -0.539. The van der Waals surface area contributed by atoms with E-state index in [2.05, 4.69) is 0 Å². The standard InChI is InChI=1S/C21H18O5/c1-24-15-10-11-18(20(12-15)25-2)19(22)13-26-21(23)17-9-5-7-14-6-3-4-8-16(14)17/h3-12H,13H2,1-2H3. The van der Waals surface area contributed by atoms with Crippen LogP contribution in [0.4, 0.5) is 0 Å². The molecule has 0 radical (unpaired) electrons. The Kier molecular flexibility index (Phi) is 5.17. The number of rotatable bonds is 6. The van der Waals surface area contributed by atoms with E-state index in [1.165, 1.54) is 14.2 Å². The lowest BCUT2D eigenvalue weighted by atomic mass is 10.0. The highest BCUT2D eigenvalue weighted by Gasteiger charge is 2.17. The molecule has 0 N–H and O–H groups in total. The third-order valence-electron chi connectivity index (χ3n) is 4.05. The first kappa shape index (κ1) is 17.5. The number of esters is 1. The lowest BCUT2D eigenvalue weighted by Gasteiger charge is -2.10. The van der Waals surface area contributed by atoms with Crippen molar-refractivity contribution in [3.8, 4) is 11.5 Å². The van der Waals surface area contributed by atoms with Crippen molar-refractivity contribution in [1.82, 2.24) is 0 Å². The van der Waals surface area contributed by atoms with E-state index in [0.29, 0.717) is 22.6 Å². The van der Waals surface area contributed by atoms with Crippen molar-refractivity contribution in [2.45, 2.75) is 0 Å². The van der Waals surface area contributed by atoms with Crippen molar-refractivity contribution in [2.24, 2.45) is 0 Å². The van der Waals surface area contributed by atoms with Crippen LogP contribution in [-0.4, -0.2) is 32.6 Å². The number of benzene rings is 3. The van der Waals surface area contributed by atoms with E-state index in [-0.39, 0.29) is 12.4 Å². The van der Waals surface area contributed by atoms with E-state index in [1.807, 2.05) is 30.3 Å². The van der Waals surface area contributed by atoms with Crippen molar-refractivity contribution in [3.05, 3.63) is 71.8 Å². The van der Waals surface area contributed by atoms with Gasteiger partial charge in [0.15, 0.2) is 6.61 Å². The molecule has 0 aromatic heterocycles. The van der Waals surface area contributed by atoms with Gasteiger partial charge in [0.2, 0.25) is 5.78 Å². The second-order valence-electron chi connectivity index (χ2n) is 5.59. The molecule has 0 unspecified atom stereocenters. The Bertz CT molecular complexity index is 956. The molecule has 0 bridgehead atoms. The van der Waals surface area contributed by atoms with Gasteiger partial charge in [-0.1, -0.05) is 36.4 Å². The Balaban J connectivity index is 1.76. The summed E-state index contributed by atoms with van der Waals surface area (Å²) in [7, 11) is 3.00. The maximum atomic E-state index is 12.4. The lowest BCUT2D eigenvalue weighted by molar-refractivity contribution is 0.0476. The van der Waals surface area contributed by atoms with Gasteiger partial charge >= 0.3 is 5.97 Å². The van der Waals surface area contributed by atoms with Crippen molar-refractivity contribution in [3.63, 3.8) is 0 Å². The van der Waals surface area contributed by atoms with Gasteiger partial charge in [-0.25, -0.2) is 4.79 Å². The Labute approximate surface area is 151 Å². The highest BCUT2D eigenvalue weighted by Crippen LogP contribution is 2.25. The largest absolute Gasteiger partial charge is 0.497 e. The van der Waals surface area contributed by atoms with Crippen LogP contribution < -0.4 is 9.47 Å². The Morgan fingerprint density at radius 1 is 0.846 bits per heavy atom. The van der Waals surface area contributed by atoms with Gasteiger partial charge in [-0.2, -0.15) is 0 Å². The monoisotopic (exact) mass is 350 g/mol. The zero-order valence-electron chi connectivity index (χ0n) is 14.5. The summed E-state index contributed by atoms with van der Waals surface area (Å²) in [5.41, 5.74) is 0.761. The molecule has 0 fully saturated rings. The van der Waals surface area contributed by atoms with Crippen LogP contribution in [0, 0.1) is 0 Å². The van der Waals surface area contributed by atoms with Gasteiger partial charge in [0.25, 0.3) is 0 Å². The molecule has 0 aliphatic rings. The van der Waals surface area contributed by atoms with E-state index >= 15 is 0 Å². The number of hydrogen-bond donors (Lipinski definition) is 0. The molecule has 0 atom stereocenters. The third kappa shape index (κ3) is 3.52. The SMILES string of the molecule is COc1ccc(C(=O)COC(=O)c2cccc3ccccc23)c(OC)c1. The molecule has 3 rings (SSSR count). The number of ether oxygens (including phenoxy) is 3. The highest BCUT2D eigenvalue weighted by molar-refractivity contribution is 6.06. The summed E-state index contributed by atoms with van der Waals surface area (Å²) in [6.45, 7) is -0.370. The zero-order chi connectivity index (χ0) is 18.5. The lowest BCUT2D eigenvalue weighted by Crippen LogP contribution is -2.15. The predicted octanol–water partition coefficient (Wildman–Crippen LogP) is 3.90. The molecule has 0 aliphatic heterocycles. The van der Waals surface area contributed by atoms with Gasteiger partial charge in [0.05, 0.1) is 25.3 Å². The molecule has 3 aromatic rings. The average molecular weight is 350 g/mol. The fourth-order valence-corrected chi connectivity index (χ4v) is 2.72. The average Bonchev–Trinajstić information content (AvgIpc) is 2.70. The summed E-state index contributed by atoms with van der Waals surface area (Å²) < 4.78 is 15.6. The molecule has 0 saturated heterocycles.